The van der Waals surface area contributed by atoms with Crippen LogP contribution in [0, 0.1) is 23.7 Å². The Labute approximate surface area is 113 Å². The molecule has 102 valence electrons. The van der Waals surface area contributed by atoms with E-state index in [2.05, 4.69) is 10.3 Å². The first-order valence-corrected chi connectivity index (χ1v) is 7.60. The van der Waals surface area contributed by atoms with Gasteiger partial charge in [0.1, 0.15) is 6.33 Å². The Morgan fingerprint density at radius 2 is 1.89 bits per heavy atom. The van der Waals surface area contributed by atoms with Gasteiger partial charge in [0.05, 0.1) is 0 Å². The van der Waals surface area contributed by atoms with Gasteiger partial charge in [0.15, 0.2) is 0 Å². The zero-order chi connectivity index (χ0) is 12.8. The van der Waals surface area contributed by atoms with Crippen LogP contribution >= 0.6 is 0 Å². The highest BCUT2D eigenvalue weighted by Crippen LogP contribution is 2.53. The number of amides is 1. The van der Waals surface area contributed by atoms with E-state index in [-0.39, 0.29) is 6.03 Å². The molecule has 1 aromatic heterocycles. The molecule has 3 aliphatic rings. The SMILES string of the molecule is O=C(NC1C2CCCC3CC1CC3C2)n1ccnc1. The summed E-state index contributed by atoms with van der Waals surface area (Å²) in [7, 11) is 0. The van der Waals surface area contributed by atoms with Crippen LogP contribution in [-0.4, -0.2) is 21.6 Å². The average molecular weight is 259 g/mol. The molecule has 0 aliphatic heterocycles. The van der Waals surface area contributed by atoms with Gasteiger partial charge in [-0.15, -0.1) is 0 Å². The maximum absolute atomic E-state index is 12.2. The van der Waals surface area contributed by atoms with E-state index in [0.29, 0.717) is 12.0 Å². The number of rotatable bonds is 1. The Bertz CT molecular complexity index is 470. The highest BCUT2D eigenvalue weighted by molar-refractivity contribution is 5.76. The first kappa shape index (κ1) is 11.5. The van der Waals surface area contributed by atoms with Crippen LogP contribution in [0.1, 0.15) is 38.5 Å². The standard InChI is InChI=1S/C15H21N3O/c19-15(18-5-4-16-9-18)17-14-11-3-1-2-10-6-13(14)8-12(10)7-11/h4-5,9-14H,1-3,6-8H2,(H,17,19). The third kappa shape index (κ3) is 1.88. The molecule has 4 nitrogen and oxygen atoms in total. The van der Waals surface area contributed by atoms with Crippen LogP contribution in [0.25, 0.3) is 0 Å². The number of aromatic nitrogens is 2. The van der Waals surface area contributed by atoms with Crippen LogP contribution in [0.15, 0.2) is 18.7 Å². The summed E-state index contributed by atoms with van der Waals surface area (Å²) < 4.78 is 1.56. The van der Waals surface area contributed by atoms with Crippen molar-refractivity contribution in [2.24, 2.45) is 23.7 Å². The van der Waals surface area contributed by atoms with Gasteiger partial charge < -0.3 is 5.32 Å². The number of hydrogen-bond acceptors (Lipinski definition) is 2. The predicted molar refractivity (Wildman–Crippen MR) is 71.6 cm³/mol. The second kappa shape index (κ2) is 4.36. The minimum absolute atomic E-state index is 0.00465. The number of nitrogens with zero attached hydrogens (tertiary/aromatic N) is 2. The molecule has 5 atom stereocenters. The summed E-state index contributed by atoms with van der Waals surface area (Å²) in [4.78, 5) is 16.2. The van der Waals surface area contributed by atoms with E-state index in [0.717, 1.165) is 17.8 Å². The highest BCUT2D eigenvalue weighted by Gasteiger charge is 2.48. The summed E-state index contributed by atoms with van der Waals surface area (Å²) in [5, 5.41) is 3.29. The zero-order valence-corrected chi connectivity index (χ0v) is 11.2. The molecule has 0 saturated heterocycles. The normalized spacial score (nSPS) is 40.1. The van der Waals surface area contributed by atoms with Gasteiger partial charge in [0, 0.05) is 18.4 Å². The Kier molecular flexibility index (Phi) is 2.64. The maximum atomic E-state index is 12.2. The molecule has 3 fully saturated rings. The van der Waals surface area contributed by atoms with Crippen LogP contribution in [0.5, 0.6) is 0 Å². The lowest BCUT2D eigenvalue weighted by Crippen LogP contribution is -2.48. The monoisotopic (exact) mass is 259 g/mol. The Morgan fingerprint density at radius 1 is 1.11 bits per heavy atom. The molecule has 4 heteroatoms. The lowest BCUT2D eigenvalue weighted by molar-refractivity contribution is 0.175. The smallest absolute Gasteiger partial charge is 0.327 e. The third-order valence-electron chi connectivity index (χ3n) is 5.68. The highest BCUT2D eigenvalue weighted by atomic mass is 16.2. The fraction of sp³-hybridized carbons (Fsp3) is 0.733. The predicted octanol–water partition coefficient (Wildman–Crippen LogP) is 2.66. The van der Waals surface area contributed by atoms with Crippen LogP contribution < -0.4 is 5.32 Å². The van der Waals surface area contributed by atoms with E-state index in [1.165, 1.54) is 38.5 Å². The minimum atomic E-state index is -0.00465. The molecule has 3 saturated carbocycles. The summed E-state index contributed by atoms with van der Waals surface area (Å²) in [5.41, 5.74) is 0. The molecule has 19 heavy (non-hydrogen) atoms. The second-order valence-electron chi connectivity index (χ2n) is 6.62. The van der Waals surface area contributed by atoms with E-state index in [1.807, 2.05) is 0 Å². The van der Waals surface area contributed by atoms with Crippen molar-refractivity contribution >= 4 is 6.03 Å². The lowest BCUT2D eigenvalue weighted by atomic mass is 9.75. The van der Waals surface area contributed by atoms with Crippen LogP contribution in [0.3, 0.4) is 0 Å². The zero-order valence-electron chi connectivity index (χ0n) is 11.2. The number of fused-ring (bicyclic) bond motifs is 2. The Morgan fingerprint density at radius 3 is 2.74 bits per heavy atom. The molecular formula is C15H21N3O. The van der Waals surface area contributed by atoms with Gasteiger partial charge in [-0.2, -0.15) is 0 Å². The number of imidazole rings is 1. The van der Waals surface area contributed by atoms with Crippen LogP contribution in [0.4, 0.5) is 4.79 Å². The molecule has 4 rings (SSSR count). The van der Waals surface area contributed by atoms with E-state index in [4.69, 9.17) is 0 Å². The molecule has 0 radical (unpaired) electrons. The fourth-order valence-electron chi connectivity index (χ4n) is 4.89. The topological polar surface area (TPSA) is 46.9 Å². The van der Waals surface area contributed by atoms with Gasteiger partial charge in [-0.25, -0.2) is 9.78 Å². The van der Waals surface area contributed by atoms with Crippen molar-refractivity contribution in [1.29, 1.82) is 0 Å². The van der Waals surface area contributed by atoms with E-state index >= 15 is 0 Å². The molecule has 1 heterocycles. The minimum Gasteiger partial charge on any atom is -0.334 e. The lowest BCUT2D eigenvalue weighted by Gasteiger charge is -2.36. The van der Waals surface area contributed by atoms with Crippen molar-refractivity contribution < 1.29 is 4.79 Å². The van der Waals surface area contributed by atoms with Gasteiger partial charge in [0.25, 0.3) is 0 Å². The van der Waals surface area contributed by atoms with Gasteiger partial charge in [0.2, 0.25) is 0 Å². The molecular weight excluding hydrogens is 238 g/mol. The van der Waals surface area contributed by atoms with Gasteiger partial charge >= 0.3 is 6.03 Å². The van der Waals surface area contributed by atoms with Gasteiger partial charge in [-0.05, 0) is 49.4 Å². The number of hydrogen-bond donors (Lipinski definition) is 1. The first-order chi connectivity index (χ1) is 9.31. The molecule has 0 aromatic carbocycles. The van der Waals surface area contributed by atoms with Crippen LogP contribution in [-0.2, 0) is 0 Å². The third-order valence-corrected chi connectivity index (χ3v) is 5.68. The van der Waals surface area contributed by atoms with E-state index in [9.17, 15) is 4.79 Å². The Hall–Kier alpha value is -1.32. The largest absolute Gasteiger partial charge is 0.334 e. The number of carbonyl (C=O) groups excluding carboxylic acids is 1. The summed E-state index contributed by atoms with van der Waals surface area (Å²) in [6, 6.07) is 0.395. The van der Waals surface area contributed by atoms with Crippen molar-refractivity contribution in [1.82, 2.24) is 14.9 Å². The summed E-state index contributed by atoms with van der Waals surface area (Å²) >= 11 is 0. The van der Waals surface area contributed by atoms with E-state index in [1.54, 1.807) is 23.3 Å². The van der Waals surface area contributed by atoms with Crippen molar-refractivity contribution in [2.45, 2.75) is 44.6 Å². The van der Waals surface area contributed by atoms with Crippen molar-refractivity contribution in [3.05, 3.63) is 18.7 Å². The summed E-state index contributed by atoms with van der Waals surface area (Å²) in [6.07, 6.45) is 13.1. The quantitative estimate of drug-likeness (QED) is 0.842. The van der Waals surface area contributed by atoms with E-state index < -0.39 is 0 Å². The average Bonchev–Trinajstić information content (AvgIpc) is 3.00. The fourth-order valence-corrected chi connectivity index (χ4v) is 4.89. The van der Waals surface area contributed by atoms with Gasteiger partial charge in [-0.3, -0.25) is 4.57 Å². The number of nitrogens with one attached hydrogen (secondary N) is 1. The summed E-state index contributed by atoms with van der Waals surface area (Å²) in [6.45, 7) is 0. The first-order valence-electron chi connectivity index (χ1n) is 7.60. The second-order valence-corrected chi connectivity index (χ2v) is 6.62. The van der Waals surface area contributed by atoms with Crippen molar-refractivity contribution in [3.63, 3.8) is 0 Å². The summed E-state index contributed by atoms with van der Waals surface area (Å²) in [5.74, 6) is 3.34. The molecule has 1 N–H and O–H groups in total. The molecule has 1 amide bonds. The van der Waals surface area contributed by atoms with Crippen molar-refractivity contribution in [3.8, 4) is 0 Å². The van der Waals surface area contributed by atoms with Crippen LogP contribution in [0.2, 0.25) is 0 Å². The van der Waals surface area contributed by atoms with Gasteiger partial charge in [-0.1, -0.05) is 12.8 Å². The molecule has 0 spiro atoms. The molecule has 3 bridgehead atoms. The molecule has 3 aliphatic carbocycles. The Balaban J connectivity index is 1.53. The van der Waals surface area contributed by atoms with Crippen molar-refractivity contribution in [2.75, 3.05) is 0 Å². The maximum Gasteiger partial charge on any atom is 0.327 e. The molecule has 1 aromatic rings. The molecule has 5 unspecified atom stereocenters. The number of carbonyl (C=O) groups is 1.